The first kappa shape index (κ1) is 16.3. The number of aromatic nitrogens is 3. The molecule has 1 N–H and O–H groups in total. The van der Waals surface area contributed by atoms with Gasteiger partial charge < -0.3 is 4.98 Å². The van der Waals surface area contributed by atoms with E-state index in [1.54, 1.807) is 0 Å². The molecule has 0 amide bonds. The predicted molar refractivity (Wildman–Crippen MR) is 135 cm³/mol. The Hall–Kier alpha value is -4.37. The molecule has 8 rings (SSSR count). The van der Waals surface area contributed by atoms with Crippen molar-refractivity contribution in [2.75, 3.05) is 0 Å². The second kappa shape index (κ2) is 5.65. The fraction of sp³-hybridized carbons (Fsp3) is 0. The van der Waals surface area contributed by atoms with Crippen LogP contribution in [0.15, 0.2) is 97.1 Å². The second-order valence-corrected chi connectivity index (χ2v) is 8.55. The van der Waals surface area contributed by atoms with Gasteiger partial charge in [0.25, 0.3) is 0 Å². The van der Waals surface area contributed by atoms with E-state index in [9.17, 15) is 0 Å². The molecule has 5 aromatic carbocycles. The number of rotatable bonds is 0. The van der Waals surface area contributed by atoms with Gasteiger partial charge in [0.05, 0.1) is 22.1 Å². The van der Waals surface area contributed by atoms with Crippen molar-refractivity contribution in [3.63, 3.8) is 0 Å². The molecule has 0 bridgehead atoms. The maximum Gasteiger partial charge on any atom is 0.146 e. The zero-order valence-corrected chi connectivity index (χ0v) is 17.1. The summed E-state index contributed by atoms with van der Waals surface area (Å²) in [5.41, 5.74) is 6.68. The Balaban J connectivity index is 1.61. The van der Waals surface area contributed by atoms with E-state index in [-0.39, 0.29) is 0 Å². The molecule has 0 radical (unpaired) electrons. The summed E-state index contributed by atoms with van der Waals surface area (Å²) in [6.45, 7) is 0. The normalized spacial score (nSPS) is 12.4. The lowest BCUT2D eigenvalue weighted by molar-refractivity contribution is 1.31. The van der Waals surface area contributed by atoms with E-state index in [1.807, 2.05) is 0 Å². The molecule has 0 unspecified atom stereocenters. The van der Waals surface area contributed by atoms with Crippen molar-refractivity contribution in [2.24, 2.45) is 0 Å². The van der Waals surface area contributed by atoms with Crippen molar-refractivity contribution < 1.29 is 0 Å². The van der Waals surface area contributed by atoms with Crippen LogP contribution in [0.3, 0.4) is 0 Å². The summed E-state index contributed by atoms with van der Waals surface area (Å²) in [6.07, 6.45) is 0. The molecule has 0 atom stereocenters. The predicted octanol–water partition coefficient (Wildman–Crippen LogP) is 7.58. The highest BCUT2D eigenvalue weighted by atomic mass is 15.0. The molecule has 3 aromatic heterocycles. The van der Waals surface area contributed by atoms with Crippen LogP contribution in [-0.2, 0) is 0 Å². The lowest BCUT2D eigenvalue weighted by Gasteiger charge is -2.08. The zero-order valence-electron chi connectivity index (χ0n) is 17.1. The molecule has 0 saturated carbocycles. The molecule has 0 spiro atoms. The number of benzene rings is 5. The summed E-state index contributed by atoms with van der Waals surface area (Å²) < 4.78 is 2.32. The van der Waals surface area contributed by atoms with Crippen LogP contribution < -0.4 is 0 Å². The van der Waals surface area contributed by atoms with Crippen LogP contribution in [0.2, 0.25) is 0 Å². The third-order valence-corrected chi connectivity index (χ3v) is 6.88. The fourth-order valence-corrected chi connectivity index (χ4v) is 5.45. The number of hydrogen-bond acceptors (Lipinski definition) is 1. The van der Waals surface area contributed by atoms with E-state index >= 15 is 0 Å². The lowest BCUT2D eigenvalue weighted by Crippen LogP contribution is -1.91. The number of para-hydroxylation sites is 1. The van der Waals surface area contributed by atoms with E-state index in [1.165, 1.54) is 48.7 Å². The third-order valence-electron chi connectivity index (χ3n) is 6.88. The highest BCUT2D eigenvalue weighted by molar-refractivity contribution is 6.20. The molecular formula is C29H17N3. The van der Waals surface area contributed by atoms with E-state index in [0.717, 1.165) is 22.2 Å². The maximum atomic E-state index is 5.14. The molecule has 3 nitrogen and oxygen atoms in total. The summed E-state index contributed by atoms with van der Waals surface area (Å²) in [6, 6.07) is 34.7. The van der Waals surface area contributed by atoms with Crippen LogP contribution in [-0.4, -0.2) is 14.4 Å². The van der Waals surface area contributed by atoms with E-state index in [2.05, 4.69) is 106 Å². The first-order valence-corrected chi connectivity index (χ1v) is 10.9. The molecule has 0 saturated heterocycles. The molecule has 8 aromatic rings. The number of nitrogens with zero attached hydrogens (tertiary/aromatic N) is 2. The van der Waals surface area contributed by atoms with Gasteiger partial charge in [-0.1, -0.05) is 78.9 Å². The SMILES string of the molecule is c1ccc2c(c1)ccc1c3cc4nc5c6ccccc6c6ccccc6n5c4cc3[nH]c21. The monoisotopic (exact) mass is 407 g/mol. The van der Waals surface area contributed by atoms with Gasteiger partial charge in [0.1, 0.15) is 5.65 Å². The lowest BCUT2D eigenvalue weighted by atomic mass is 10.1. The van der Waals surface area contributed by atoms with Crippen LogP contribution in [0.5, 0.6) is 0 Å². The molecule has 32 heavy (non-hydrogen) atoms. The van der Waals surface area contributed by atoms with E-state index in [0.29, 0.717) is 0 Å². The number of fused-ring (bicyclic) bond motifs is 13. The van der Waals surface area contributed by atoms with Crippen molar-refractivity contribution in [3.8, 4) is 0 Å². The van der Waals surface area contributed by atoms with Gasteiger partial charge in [0.2, 0.25) is 0 Å². The smallest absolute Gasteiger partial charge is 0.146 e. The van der Waals surface area contributed by atoms with Crippen molar-refractivity contribution in [1.29, 1.82) is 0 Å². The molecule has 3 heterocycles. The molecule has 3 heteroatoms. The number of aromatic amines is 1. The highest BCUT2D eigenvalue weighted by Crippen LogP contribution is 2.36. The minimum Gasteiger partial charge on any atom is -0.354 e. The summed E-state index contributed by atoms with van der Waals surface area (Å²) in [7, 11) is 0. The molecule has 148 valence electrons. The minimum absolute atomic E-state index is 1.01. The Kier molecular flexibility index (Phi) is 2.89. The molecule has 0 aliphatic heterocycles. The van der Waals surface area contributed by atoms with Crippen molar-refractivity contribution in [3.05, 3.63) is 97.1 Å². The first-order valence-electron chi connectivity index (χ1n) is 10.9. The van der Waals surface area contributed by atoms with Crippen LogP contribution in [0.4, 0.5) is 0 Å². The molecule has 0 aliphatic carbocycles. The first-order chi connectivity index (χ1) is 15.9. The summed E-state index contributed by atoms with van der Waals surface area (Å²) in [4.78, 5) is 8.85. The Labute approximate surface area is 182 Å². The maximum absolute atomic E-state index is 5.14. The zero-order chi connectivity index (χ0) is 20.8. The van der Waals surface area contributed by atoms with E-state index in [4.69, 9.17) is 4.98 Å². The van der Waals surface area contributed by atoms with Crippen LogP contribution in [0, 0.1) is 0 Å². The van der Waals surface area contributed by atoms with Gasteiger partial charge in [-0.3, -0.25) is 4.40 Å². The van der Waals surface area contributed by atoms with Crippen LogP contribution in [0.25, 0.3) is 70.9 Å². The minimum atomic E-state index is 1.01. The van der Waals surface area contributed by atoms with Gasteiger partial charge in [0.15, 0.2) is 0 Å². The Bertz CT molecular complexity index is 2040. The number of hydrogen-bond donors (Lipinski definition) is 1. The van der Waals surface area contributed by atoms with Gasteiger partial charge in [-0.25, -0.2) is 4.98 Å². The van der Waals surface area contributed by atoms with Crippen molar-refractivity contribution in [1.82, 2.24) is 14.4 Å². The van der Waals surface area contributed by atoms with Crippen molar-refractivity contribution in [2.45, 2.75) is 0 Å². The van der Waals surface area contributed by atoms with Gasteiger partial charge in [-0.2, -0.15) is 0 Å². The Morgan fingerprint density at radius 3 is 2.22 bits per heavy atom. The number of imidazole rings is 1. The average molecular weight is 407 g/mol. The number of H-pyrrole nitrogens is 1. The average Bonchev–Trinajstić information content (AvgIpc) is 3.41. The van der Waals surface area contributed by atoms with Crippen LogP contribution in [0.1, 0.15) is 0 Å². The van der Waals surface area contributed by atoms with Crippen LogP contribution >= 0.6 is 0 Å². The standard InChI is InChI=1S/C29H17N3/c1-2-8-18-17(7-1)13-14-21-23-15-25-27(16-24(23)30-28(18)21)32-26-12-6-5-10-20(26)19-9-3-4-11-22(19)29(32)31-25/h1-16,30H. The van der Waals surface area contributed by atoms with Crippen molar-refractivity contribution >= 4 is 70.9 Å². The van der Waals surface area contributed by atoms with Gasteiger partial charge in [-0.15, -0.1) is 0 Å². The van der Waals surface area contributed by atoms with E-state index < -0.39 is 0 Å². The van der Waals surface area contributed by atoms with Gasteiger partial charge in [0, 0.05) is 32.4 Å². The summed E-state index contributed by atoms with van der Waals surface area (Å²) in [5, 5.41) is 8.64. The second-order valence-electron chi connectivity index (χ2n) is 8.55. The third kappa shape index (κ3) is 1.94. The Morgan fingerprint density at radius 2 is 1.31 bits per heavy atom. The quantitative estimate of drug-likeness (QED) is 0.258. The fourth-order valence-electron chi connectivity index (χ4n) is 5.45. The Morgan fingerprint density at radius 1 is 0.562 bits per heavy atom. The highest BCUT2D eigenvalue weighted by Gasteiger charge is 2.16. The molecule has 0 fully saturated rings. The number of pyridine rings is 1. The topological polar surface area (TPSA) is 33.1 Å². The largest absolute Gasteiger partial charge is 0.354 e. The number of nitrogens with one attached hydrogen (secondary N) is 1. The summed E-state index contributed by atoms with van der Waals surface area (Å²) in [5.74, 6) is 0. The van der Waals surface area contributed by atoms with Gasteiger partial charge in [-0.05, 0) is 29.0 Å². The summed E-state index contributed by atoms with van der Waals surface area (Å²) >= 11 is 0. The molecule has 0 aliphatic rings. The van der Waals surface area contributed by atoms with Gasteiger partial charge >= 0.3 is 0 Å². The molecular weight excluding hydrogens is 390 g/mol.